The van der Waals surface area contributed by atoms with Crippen LogP contribution in [-0.2, 0) is 20.7 Å². The first-order valence-electron chi connectivity index (χ1n) is 7.19. The number of carbonyl (C=O) groups excluding carboxylic acids is 2. The zero-order valence-corrected chi connectivity index (χ0v) is 14.7. The van der Waals surface area contributed by atoms with Crippen molar-refractivity contribution >= 4 is 40.1 Å². The highest BCUT2D eigenvalue weighted by Crippen LogP contribution is 2.29. The molecule has 6 nitrogen and oxygen atoms in total. The monoisotopic (exact) mass is 369 g/mol. The second kappa shape index (κ2) is 8.74. The number of carbonyl (C=O) groups is 2. The molecular formula is C15H16FN3O3S2. The van der Waals surface area contributed by atoms with Crippen molar-refractivity contribution in [1.82, 2.24) is 10.2 Å². The van der Waals surface area contributed by atoms with Crippen molar-refractivity contribution in [3.63, 3.8) is 0 Å². The minimum atomic E-state index is -0.402. The summed E-state index contributed by atoms with van der Waals surface area (Å²) < 4.78 is 18.3. The van der Waals surface area contributed by atoms with E-state index in [4.69, 9.17) is 4.74 Å². The number of aromatic nitrogens is 2. The van der Waals surface area contributed by atoms with E-state index >= 15 is 0 Å². The van der Waals surface area contributed by atoms with Crippen LogP contribution in [0.3, 0.4) is 0 Å². The molecule has 1 heterocycles. The van der Waals surface area contributed by atoms with Crippen LogP contribution in [0.25, 0.3) is 0 Å². The number of rotatable bonds is 7. The minimum Gasteiger partial charge on any atom is -0.465 e. The Morgan fingerprint density at radius 1 is 1.33 bits per heavy atom. The van der Waals surface area contributed by atoms with Crippen molar-refractivity contribution in [2.45, 2.75) is 29.9 Å². The second-order valence-electron chi connectivity index (χ2n) is 4.74. The molecule has 1 aromatic carbocycles. The molecule has 128 valence electrons. The summed E-state index contributed by atoms with van der Waals surface area (Å²) in [6.07, 6.45) is 0.113. The Hall–Kier alpha value is -2.00. The average molecular weight is 369 g/mol. The van der Waals surface area contributed by atoms with E-state index in [0.29, 0.717) is 21.6 Å². The highest BCUT2D eigenvalue weighted by atomic mass is 32.2. The molecule has 0 bridgehead atoms. The SMILES string of the molecule is CCOC(=O)[C@@H](C)Sc1nnc(NC(=O)Cc2ccc(F)cc2)s1. The molecule has 0 aliphatic heterocycles. The number of hydrogen-bond donors (Lipinski definition) is 1. The van der Waals surface area contributed by atoms with Crippen molar-refractivity contribution in [3.8, 4) is 0 Å². The molecule has 0 aliphatic carbocycles. The fourth-order valence-corrected chi connectivity index (χ4v) is 3.63. The maximum absolute atomic E-state index is 12.8. The maximum atomic E-state index is 12.8. The topological polar surface area (TPSA) is 81.2 Å². The average Bonchev–Trinajstić information content (AvgIpc) is 2.96. The molecule has 0 aliphatic rings. The summed E-state index contributed by atoms with van der Waals surface area (Å²) >= 11 is 2.40. The van der Waals surface area contributed by atoms with E-state index in [1.165, 1.54) is 35.2 Å². The van der Waals surface area contributed by atoms with Gasteiger partial charge in [0.25, 0.3) is 0 Å². The van der Waals surface area contributed by atoms with Crippen LogP contribution in [0.5, 0.6) is 0 Å². The molecule has 2 aromatic rings. The lowest BCUT2D eigenvalue weighted by Crippen LogP contribution is -2.16. The second-order valence-corrected chi connectivity index (χ2v) is 7.30. The third-order valence-electron chi connectivity index (χ3n) is 2.83. The molecule has 1 N–H and O–H groups in total. The molecule has 1 amide bonds. The summed E-state index contributed by atoms with van der Waals surface area (Å²) in [5.41, 5.74) is 0.698. The highest BCUT2D eigenvalue weighted by molar-refractivity contribution is 8.02. The zero-order chi connectivity index (χ0) is 17.5. The van der Waals surface area contributed by atoms with Gasteiger partial charge in [-0.05, 0) is 31.5 Å². The zero-order valence-electron chi connectivity index (χ0n) is 13.1. The Bertz CT molecular complexity index is 706. The van der Waals surface area contributed by atoms with Crippen LogP contribution in [0.15, 0.2) is 28.6 Å². The summed E-state index contributed by atoms with van der Waals surface area (Å²) in [7, 11) is 0. The van der Waals surface area contributed by atoms with Gasteiger partial charge in [0.15, 0.2) is 4.34 Å². The molecule has 0 radical (unpaired) electrons. The highest BCUT2D eigenvalue weighted by Gasteiger charge is 2.18. The Kier molecular flexibility index (Phi) is 6.68. The standard InChI is InChI=1S/C15H16FN3O3S2/c1-3-22-13(21)9(2)23-15-19-18-14(24-15)17-12(20)8-10-4-6-11(16)7-5-10/h4-7,9H,3,8H2,1-2H3,(H,17,18,20)/t9-/m1/s1. The van der Waals surface area contributed by atoms with Gasteiger partial charge < -0.3 is 10.1 Å². The molecular weight excluding hydrogens is 353 g/mol. The Balaban J connectivity index is 1.87. The van der Waals surface area contributed by atoms with Crippen LogP contribution >= 0.6 is 23.1 Å². The van der Waals surface area contributed by atoms with Crippen LogP contribution in [0.1, 0.15) is 19.4 Å². The Morgan fingerprint density at radius 3 is 2.71 bits per heavy atom. The number of thioether (sulfide) groups is 1. The molecule has 2 rings (SSSR count). The van der Waals surface area contributed by atoms with Gasteiger partial charge in [0.1, 0.15) is 11.1 Å². The van der Waals surface area contributed by atoms with Gasteiger partial charge in [0, 0.05) is 0 Å². The lowest BCUT2D eigenvalue weighted by atomic mass is 10.1. The fourth-order valence-electron chi connectivity index (χ4n) is 1.72. The van der Waals surface area contributed by atoms with Gasteiger partial charge in [0.05, 0.1) is 13.0 Å². The van der Waals surface area contributed by atoms with Crippen LogP contribution < -0.4 is 5.32 Å². The molecule has 0 saturated heterocycles. The first-order valence-corrected chi connectivity index (χ1v) is 8.88. The van der Waals surface area contributed by atoms with Gasteiger partial charge >= 0.3 is 5.97 Å². The molecule has 9 heteroatoms. The molecule has 1 atom stereocenters. The summed E-state index contributed by atoms with van der Waals surface area (Å²) in [4.78, 5) is 23.5. The summed E-state index contributed by atoms with van der Waals surface area (Å²) in [6.45, 7) is 3.79. The van der Waals surface area contributed by atoms with Gasteiger partial charge in [-0.15, -0.1) is 10.2 Å². The molecule has 24 heavy (non-hydrogen) atoms. The van der Waals surface area contributed by atoms with Gasteiger partial charge in [-0.3, -0.25) is 9.59 Å². The largest absolute Gasteiger partial charge is 0.465 e. The number of amides is 1. The molecule has 0 unspecified atom stereocenters. The normalized spacial score (nSPS) is 11.8. The van der Waals surface area contributed by atoms with Crippen molar-refractivity contribution in [2.75, 3.05) is 11.9 Å². The summed E-state index contributed by atoms with van der Waals surface area (Å²) in [6, 6.07) is 5.72. The lowest BCUT2D eigenvalue weighted by molar-refractivity contribution is -0.142. The number of ether oxygens (including phenoxy) is 1. The number of halogens is 1. The van der Waals surface area contributed by atoms with Gasteiger partial charge in [0.2, 0.25) is 11.0 Å². The van der Waals surface area contributed by atoms with Crippen LogP contribution in [0.4, 0.5) is 9.52 Å². The predicted octanol–water partition coefficient (Wildman–Crippen LogP) is 2.90. The van der Waals surface area contributed by atoms with E-state index in [1.54, 1.807) is 26.0 Å². The predicted molar refractivity (Wildman–Crippen MR) is 90.6 cm³/mol. The first-order chi connectivity index (χ1) is 11.5. The molecule has 0 fully saturated rings. The summed E-state index contributed by atoms with van der Waals surface area (Å²) in [5.74, 6) is -0.937. The van der Waals surface area contributed by atoms with E-state index in [1.807, 2.05) is 0 Å². The Morgan fingerprint density at radius 2 is 2.04 bits per heavy atom. The van der Waals surface area contributed by atoms with Crippen LogP contribution in [0, 0.1) is 5.82 Å². The van der Waals surface area contributed by atoms with Crippen LogP contribution in [-0.4, -0.2) is 33.9 Å². The van der Waals surface area contributed by atoms with Crippen molar-refractivity contribution in [1.29, 1.82) is 0 Å². The number of esters is 1. The third kappa shape index (κ3) is 5.57. The molecule has 0 saturated carbocycles. The first kappa shape index (κ1) is 18.3. The quantitative estimate of drug-likeness (QED) is 0.459. The molecule has 0 spiro atoms. The number of benzene rings is 1. The van der Waals surface area contributed by atoms with Crippen molar-refractivity contribution in [2.24, 2.45) is 0 Å². The number of nitrogens with zero attached hydrogens (tertiary/aromatic N) is 2. The van der Waals surface area contributed by atoms with E-state index in [2.05, 4.69) is 15.5 Å². The van der Waals surface area contributed by atoms with Gasteiger partial charge in [-0.1, -0.05) is 35.2 Å². The number of nitrogens with one attached hydrogen (secondary N) is 1. The van der Waals surface area contributed by atoms with Gasteiger partial charge in [-0.2, -0.15) is 0 Å². The number of anilines is 1. The Labute approximate surface area is 146 Å². The maximum Gasteiger partial charge on any atom is 0.319 e. The smallest absolute Gasteiger partial charge is 0.319 e. The minimum absolute atomic E-state index is 0.113. The summed E-state index contributed by atoms with van der Waals surface area (Å²) in [5, 5.41) is 10.4. The van der Waals surface area contributed by atoms with Crippen molar-refractivity contribution in [3.05, 3.63) is 35.6 Å². The van der Waals surface area contributed by atoms with E-state index in [-0.39, 0.29) is 24.1 Å². The van der Waals surface area contributed by atoms with Gasteiger partial charge in [-0.25, -0.2) is 4.39 Å². The number of hydrogen-bond acceptors (Lipinski definition) is 7. The van der Waals surface area contributed by atoms with Crippen molar-refractivity contribution < 1.29 is 18.7 Å². The van der Waals surface area contributed by atoms with E-state index < -0.39 is 5.25 Å². The van der Waals surface area contributed by atoms with Crippen LogP contribution in [0.2, 0.25) is 0 Å². The third-order valence-corrected chi connectivity index (χ3v) is 4.83. The van der Waals surface area contributed by atoms with E-state index in [0.717, 1.165) is 0 Å². The fraction of sp³-hybridized carbons (Fsp3) is 0.333. The lowest BCUT2D eigenvalue weighted by Gasteiger charge is -2.06. The molecule has 1 aromatic heterocycles. The van der Waals surface area contributed by atoms with E-state index in [9.17, 15) is 14.0 Å².